The van der Waals surface area contributed by atoms with Crippen LogP contribution < -0.4 is 5.32 Å². The van der Waals surface area contributed by atoms with Crippen LogP contribution in [0.2, 0.25) is 0 Å². The fraction of sp³-hybridized carbons (Fsp3) is 0.211. The topological polar surface area (TPSA) is 81.4 Å². The number of nitrogens with zero attached hydrogens (tertiary/aromatic N) is 1. The van der Waals surface area contributed by atoms with Crippen molar-refractivity contribution in [3.05, 3.63) is 60.0 Å². The number of aryl methyl sites for hydroxylation is 1. The molecule has 0 aliphatic rings. The Morgan fingerprint density at radius 2 is 1.96 bits per heavy atom. The van der Waals surface area contributed by atoms with Crippen molar-refractivity contribution < 1.29 is 27.5 Å². The van der Waals surface area contributed by atoms with Gasteiger partial charge in [-0.05, 0) is 31.2 Å². The molecule has 0 aliphatic heterocycles. The van der Waals surface area contributed by atoms with Gasteiger partial charge in [-0.1, -0.05) is 12.1 Å². The molecular weight excluding hydrogens is 358 g/mol. The lowest BCUT2D eigenvalue weighted by Gasteiger charge is -2.13. The monoisotopic (exact) mass is 374 g/mol. The number of anilines is 1. The van der Waals surface area contributed by atoms with Crippen molar-refractivity contribution in [1.82, 2.24) is 4.98 Å². The highest BCUT2D eigenvalue weighted by Gasteiger charge is 2.19. The van der Waals surface area contributed by atoms with E-state index in [1.165, 1.54) is 13.0 Å². The number of halogens is 2. The van der Waals surface area contributed by atoms with Crippen molar-refractivity contribution in [3.63, 3.8) is 0 Å². The van der Waals surface area contributed by atoms with Gasteiger partial charge in [0.2, 0.25) is 0 Å². The van der Waals surface area contributed by atoms with Crippen molar-refractivity contribution in [2.75, 3.05) is 5.32 Å². The minimum absolute atomic E-state index is 0.0182. The zero-order valence-corrected chi connectivity index (χ0v) is 14.4. The second-order valence-corrected chi connectivity index (χ2v) is 5.83. The van der Waals surface area contributed by atoms with Gasteiger partial charge in [-0.2, -0.15) is 0 Å². The molecule has 0 fully saturated rings. The highest BCUT2D eigenvalue weighted by molar-refractivity contribution is 5.95. The first-order chi connectivity index (χ1) is 12.9. The molecule has 6 nitrogen and oxygen atoms in total. The summed E-state index contributed by atoms with van der Waals surface area (Å²) in [6, 6.07) is 10.2. The van der Waals surface area contributed by atoms with Gasteiger partial charge >= 0.3 is 5.97 Å². The van der Waals surface area contributed by atoms with E-state index < -0.39 is 29.6 Å². The van der Waals surface area contributed by atoms with Crippen molar-refractivity contribution in [2.24, 2.45) is 0 Å². The van der Waals surface area contributed by atoms with Crippen LogP contribution >= 0.6 is 0 Å². The Bertz CT molecular complexity index is 954. The first-order valence-electron chi connectivity index (χ1n) is 8.22. The van der Waals surface area contributed by atoms with Crippen LogP contribution in [0.4, 0.5) is 14.5 Å². The second kappa shape index (κ2) is 7.94. The van der Waals surface area contributed by atoms with Crippen LogP contribution in [0.1, 0.15) is 19.2 Å². The Morgan fingerprint density at radius 3 is 2.70 bits per heavy atom. The maximum atomic E-state index is 13.2. The van der Waals surface area contributed by atoms with E-state index in [-0.39, 0.29) is 18.5 Å². The van der Waals surface area contributed by atoms with Crippen LogP contribution in [0.3, 0.4) is 0 Å². The average molecular weight is 374 g/mol. The van der Waals surface area contributed by atoms with E-state index in [4.69, 9.17) is 9.15 Å². The Hall–Kier alpha value is -3.29. The maximum Gasteiger partial charge on any atom is 0.307 e. The molecule has 3 rings (SSSR count). The van der Waals surface area contributed by atoms with Crippen LogP contribution in [-0.4, -0.2) is 23.0 Å². The Kier molecular flexibility index (Phi) is 5.44. The third-order valence-electron chi connectivity index (χ3n) is 3.75. The van der Waals surface area contributed by atoms with Crippen LogP contribution in [0.5, 0.6) is 0 Å². The summed E-state index contributed by atoms with van der Waals surface area (Å²) in [6.45, 7) is 1.38. The second-order valence-electron chi connectivity index (χ2n) is 5.83. The SMILES string of the molecule is C[C@@H](OC(=O)CCc1nc2ccccc2o1)C(=O)Nc1ccc(F)c(F)c1. The molecule has 0 saturated heterocycles. The number of carbonyl (C=O) groups is 2. The van der Waals surface area contributed by atoms with Crippen LogP contribution in [-0.2, 0) is 20.7 Å². The number of esters is 1. The Balaban J connectivity index is 1.50. The zero-order valence-electron chi connectivity index (χ0n) is 14.4. The number of fused-ring (bicyclic) bond motifs is 1. The summed E-state index contributed by atoms with van der Waals surface area (Å²) in [4.78, 5) is 28.2. The van der Waals surface area contributed by atoms with E-state index >= 15 is 0 Å². The molecule has 1 amide bonds. The van der Waals surface area contributed by atoms with Crippen molar-refractivity contribution >= 4 is 28.7 Å². The molecule has 1 atom stereocenters. The van der Waals surface area contributed by atoms with E-state index in [1.54, 1.807) is 12.1 Å². The lowest BCUT2D eigenvalue weighted by Crippen LogP contribution is -2.30. The van der Waals surface area contributed by atoms with Gasteiger partial charge in [0, 0.05) is 18.2 Å². The number of aromatic nitrogens is 1. The van der Waals surface area contributed by atoms with E-state index in [2.05, 4.69) is 10.3 Å². The molecule has 140 valence electrons. The Labute approximate surface area is 153 Å². The van der Waals surface area contributed by atoms with Gasteiger partial charge < -0.3 is 14.5 Å². The van der Waals surface area contributed by atoms with Crippen molar-refractivity contribution in [2.45, 2.75) is 25.9 Å². The molecule has 1 heterocycles. The summed E-state index contributed by atoms with van der Waals surface area (Å²) in [5.74, 6) is -2.98. The van der Waals surface area contributed by atoms with E-state index in [0.29, 0.717) is 17.0 Å². The third kappa shape index (κ3) is 4.66. The number of nitrogens with one attached hydrogen (secondary N) is 1. The van der Waals surface area contributed by atoms with E-state index in [1.807, 2.05) is 12.1 Å². The summed E-state index contributed by atoms with van der Waals surface area (Å²) in [5.41, 5.74) is 1.38. The number of para-hydroxylation sites is 2. The number of amides is 1. The molecule has 1 N–H and O–H groups in total. The number of hydrogen-bond acceptors (Lipinski definition) is 5. The summed E-state index contributed by atoms with van der Waals surface area (Å²) < 4.78 is 36.6. The predicted octanol–water partition coefficient (Wildman–Crippen LogP) is 3.61. The van der Waals surface area contributed by atoms with Gasteiger partial charge in [0.1, 0.15) is 5.52 Å². The molecule has 0 spiro atoms. The molecule has 27 heavy (non-hydrogen) atoms. The average Bonchev–Trinajstić information content (AvgIpc) is 3.06. The van der Waals surface area contributed by atoms with Crippen LogP contribution in [0.25, 0.3) is 11.1 Å². The highest BCUT2D eigenvalue weighted by Crippen LogP contribution is 2.16. The summed E-state index contributed by atoms with van der Waals surface area (Å²) >= 11 is 0. The largest absolute Gasteiger partial charge is 0.453 e. The third-order valence-corrected chi connectivity index (χ3v) is 3.75. The van der Waals surface area contributed by atoms with Gasteiger partial charge in [-0.25, -0.2) is 13.8 Å². The van der Waals surface area contributed by atoms with Gasteiger partial charge in [0.05, 0.1) is 6.42 Å². The fourth-order valence-corrected chi connectivity index (χ4v) is 2.36. The number of rotatable bonds is 6. The van der Waals surface area contributed by atoms with Crippen molar-refractivity contribution in [3.8, 4) is 0 Å². The standard InChI is InChI=1S/C19H16F2N2O4/c1-11(19(25)22-12-6-7-13(20)14(21)10-12)26-18(24)9-8-17-23-15-4-2-3-5-16(15)27-17/h2-7,10-11H,8-9H2,1H3,(H,22,25)/t11-/m1/s1. The Morgan fingerprint density at radius 1 is 1.19 bits per heavy atom. The fourth-order valence-electron chi connectivity index (χ4n) is 2.36. The quantitative estimate of drug-likeness (QED) is 0.667. The van der Waals surface area contributed by atoms with Gasteiger partial charge in [0.15, 0.2) is 29.2 Å². The molecule has 8 heteroatoms. The van der Waals surface area contributed by atoms with E-state index in [9.17, 15) is 18.4 Å². The normalized spacial score (nSPS) is 12.0. The smallest absolute Gasteiger partial charge is 0.307 e. The molecule has 1 aromatic heterocycles. The number of oxazole rings is 1. The molecular formula is C19H16F2N2O4. The molecule has 0 radical (unpaired) electrons. The highest BCUT2D eigenvalue weighted by atomic mass is 19.2. The van der Waals surface area contributed by atoms with E-state index in [0.717, 1.165) is 12.1 Å². The van der Waals surface area contributed by atoms with Crippen LogP contribution in [0, 0.1) is 11.6 Å². The van der Waals surface area contributed by atoms with Crippen LogP contribution in [0.15, 0.2) is 46.9 Å². The maximum absolute atomic E-state index is 13.2. The molecule has 0 bridgehead atoms. The summed E-state index contributed by atoms with van der Waals surface area (Å²) in [7, 11) is 0. The summed E-state index contributed by atoms with van der Waals surface area (Å²) in [5, 5.41) is 2.35. The summed E-state index contributed by atoms with van der Waals surface area (Å²) in [6.07, 6.45) is -0.894. The minimum atomic E-state index is -1.10. The lowest BCUT2D eigenvalue weighted by atomic mass is 10.2. The number of ether oxygens (including phenoxy) is 1. The molecule has 3 aromatic rings. The number of hydrogen-bond donors (Lipinski definition) is 1. The predicted molar refractivity (Wildman–Crippen MR) is 92.9 cm³/mol. The lowest BCUT2D eigenvalue weighted by molar-refractivity contribution is -0.153. The minimum Gasteiger partial charge on any atom is -0.453 e. The first kappa shape index (κ1) is 18.5. The van der Waals surface area contributed by atoms with Gasteiger partial charge in [0.25, 0.3) is 5.91 Å². The number of carbonyl (C=O) groups excluding carboxylic acids is 2. The van der Waals surface area contributed by atoms with Crippen molar-refractivity contribution in [1.29, 1.82) is 0 Å². The van der Waals surface area contributed by atoms with Gasteiger partial charge in [-0.15, -0.1) is 0 Å². The molecule has 0 saturated carbocycles. The molecule has 2 aromatic carbocycles. The molecule has 0 aliphatic carbocycles. The first-order valence-corrected chi connectivity index (χ1v) is 8.22. The molecule has 0 unspecified atom stereocenters. The number of benzene rings is 2. The zero-order chi connectivity index (χ0) is 19.4. The van der Waals surface area contributed by atoms with Gasteiger partial charge in [-0.3, -0.25) is 9.59 Å².